The third kappa shape index (κ3) is 3.94. The second-order valence-corrected chi connectivity index (χ2v) is 7.81. The highest BCUT2D eigenvalue weighted by Gasteiger charge is 2.44. The van der Waals surface area contributed by atoms with Crippen LogP contribution in [0.1, 0.15) is 36.0 Å². The number of aromatic nitrogens is 1. The number of rotatable bonds is 5. The Bertz CT molecular complexity index is 756. The number of piperidine rings is 1. The van der Waals surface area contributed by atoms with Crippen molar-refractivity contribution in [3.63, 3.8) is 0 Å². The van der Waals surface area contributed by atoms with E-state index >= 15 is 0 Å². The lowest BCUT2D eigenvalue weighted by molar-refractivity contribution is -0.0450. The Morgan fingerprint density at radius 2 is 2.04 bits per heavy atom. The van der Waals surface area contributed by atoms with E-state index in [1.54, 1.807) is 7.11 Å². The Labute approximate surface area is 160 Å². The second-order valence-electron chi connectivity index (χ2n) is 7.81. The molecule has 1 spiro atoms. The van der Waals surface area contributed by atoms with Crippen LogP contribution in [-0.4, -0.2) is 54.4 Å². The monoisotopic (exact) mass is 368 g/mol. The normalized spacial score (nSPS) is 25.2. The fourth-order valence-corrected chi connectivity index (χ4v) is 4.43. The Morgan fingerprint density at radius 1 is 1.26 bits per heavy atom. The minimum Gasteiger partial charge on any atom is -0.385 e. The van der Waals surface area contributed by atoms with Crippen LogP contribution >= 0.6 is 0 Å². The molecule has 2 aromatic rings. The molecular formula is C22H28N2O3. The van der Waals surface area contributed by atoms with Gasteiger partial charge >= 0.3 is 0 Å². The molecule has 0 radical (unpaired) electrons. The van der Waals surface area contributed by atoms with Crippen LogP contribution in [0.5, 0.6) is 0 Å². The zero-order chi connectivity index (χ0) is 18.7. The summed E-state index contributed by atoms with van der Waals surface area (Å²) >= 11 is 0. The lowest BCUT2D eigenvalue weighted by Crippen LogP contribution is -2.50. The smallest absolute Gasteiger partial charge is 0.253 e. The minimum atomic E-state index is -0.155. The summed E-state index contributed by atoms with van der Waals surface area (Å²) in [7, 11) is 1.74. The predicted octanol–water partition coefficient (Wildman–Crippen LogP) is 3.53. The van der Waals surface area contributed by atoms with Gasteiger partial charge in [-0.1, -0.05) is 0 Å². The number of likely N-dealkylation sites (tertiary alicyclic amines) is 1. The van der Waals surface area contributed by atoms with Crippen LogP contribution < -0.4 is 0 Å². The molecule has 1 amide bonds. The number of carbonyl (C=O) groups is 1. The van der Waals surface area contributed by atoms with Gasteiger partial charge in [-0.2, -0.15) is 0 Å². The highest BCUT2D eigenvalue weighted by atomic mass is 16.5. The molecule has 0 N–H and O–H groups in total. The standard InChI is InChI=1S/C22H28N2O3/c1-26-14-9-18-15-22(27-16-18)10-4-13-24(17-22)21(25)19-5-7-20(8-6-19)23-11-2-3-12-23/h2-3,5-8,11-12,18H,4,9-10,13-17H2,1H3. The Hall–Kier alpha value is -2.11. The van der Waals surface area contributed by atoms with E-state index in [1.165, 1.54) is 0 Å². The van der Waals surface area contributed by atoms with E-state index in [-0.39, 0.29) is 11.5 Å². The molecule has 144 valence electrons. The van der Waals surface area contributed by atoms with Crippen molar-refractivity contribution in [2.45, 2.75) is 31.3 Å². The van der Waals surface area contributed by atoms with Crippen LogP contribution in [0.25, 0.3) is 5.69 Å². The van der Waals surface area contributed by atoms with Crippen molar-refractivity contribution < 1.29 is 14.3 Å². The highest BCUT2D eigenvalue weighted by molar-refractivity contribution is 5.94. The van der Waals surface area contributed by atoms with Crippen LogP contribution in [-0.2, 0) is 9.47 Å². The quantitative estimate of drug-likeness (QED) is 0.811. The molecule has 1 aromatic carbocycles. The lowest BCUT2D eigenvalue weighted by Gasteiger charge is -2.40. The van der Waals surface area contributed by atoms with Gasteiger partial charge in [-0.3, -0.25) is 4.79 Å². The van der Waals surface area contributed by atoms with Crippen molar-refractivity contribution in [3.8, 4) is 5.69 Å². The number of carbonyl (C=O) groups excluding carboxylic acids is 1. The number of ether oxygens (including phenoxy) is 2. The third-order valence-electron chi connectivity index (χ3n) is 5.86. The molecule has 0 saturated carbocycles. The molecular weight excluding hydrogens is 340 g/mol. The predicted molar refractivity (Wildman–Crippen MR) is 104 cm³/mol. The molecule has 0 aliphatic carbocycles. The average molecular weight is 368 g/mol. The molecule has 0 bridgehead atoms. The molecule has 2 aliphatic rings. The van der Waals surface area contributed by atoms with Gasteiger partial charge in [-0.15, -0.1) is 0 Å². The maximum atomic E-state index is 13.0. The molecule has 3 heterocycles. The van der Waals surface area contributed by atoms with Crippen molar-refractivity contribution in [3.05, 3.63) is 54.4 Å². The van der Waals surface area contributed by atoms with Crippen molar-refractivity contribution >= 4 is 5.91 Å². The minimum absolute atomic E-state index is 0.108. The SMILES string of the molecule is COCCC1COC2(CCCN(C(=O)c3ccc(-n4cccc4)cc3)C2)C1. The zero-order valence-corrected chi connectivity index (χ0v) is 16.0. The van der Waals surface area contributed by atoms with Crippen LogP contribution in [0.4, 0.5) is 0 Å². The first kappa shape index (κ1) is 18.3. The third-order valence-corrected chi connectivity index (χ3v) is 5.86. The molecule has 2 fully saturated rings. The Balaban J connectivity index is 1.41. The largest absolute Gasteiger partial charge is 0.385 e. The van der Waals surface area contributed by atoms with Gasteiger partial charge in [0.25, 0.3) is 5.91 Å². The van der Waals surface area contributed by atoms with E-state index in [0.717, 1.165) is 56.7 Å². The summed E-state index contributed by atoms with van der Waals surface area (Å²) in [5.41, 5.74) is 1.65. The summed E-state index contributed by atoms with van der Waals surface area (Å²) in [5.74, 6) is 0.651. The number of hydrogen-bond donors (Lipinski definition) is 0. The highest BCUT2D eigenvalue weighted by Crippen LogP contribution is 2.39. The maximum absolute atomic E-state index is 13.0. The molecule has 2 atom stereocenters. The van der Waals surface area contributed by atoms with E-state index < -0.39 is 0 Å². The number of benzene rings is 1. The first-order valence-electron chi connectivity index (χ1n) is 9.85. The summed E-state index contributed by atoms with van der Waals surface area (Å²) < 4.78 is 13.5. The van der Waals surface area contributed by atoms with Crippen LogP contribution in [0, 0.1) is 5.92 Å². The second kappa shape index (κ2) is 7.87. The van der Waals surface area contributed by atoms with Crippen LogP contribution in [0.2, 0.25) is 0 Å². The summed E-state index contributed by atoms with van der Waals surface area (Å²) in [4.78, 5) is 15.0. The molecule has 2 aliphatic heterocycles. The molecule has 2 unspecified atom stereocenters. The van der Waals surface area contributed by atoms with Crippen LogP contribution in [0.15, 0.2) is 48.8 Å². The van der Waals surface area contributed by atoms with Gasteiger partial charge in [0.05, 0.1) is 12.2 Å². The number of nitrogens with zero attached hydrogens (tertiary/aromatic N) is 2. The van der Waals surface area contributed by atoms with Crippen molar-refractivity contribution in [2.24, 2.45) is 5.92 Å². The van der Waals surface area contributed by atoms with Gasteiger partial charge in [0, 0.05) is 50.5 Å². The van der Waals surface area contributed by atoms with E-state index in [2.05, 4.69) is 0 Å². The van der Waals surface area contributed by atoms with Crippen LogP contribution in [0.3, 0.4) is 0 Å². The Kier molecular flexibility index (Phi) is 5.32. The van der Waals surface area contributed by atoms with E-state index in [9.17, 15) is 4.79 Å². The summed E-state index contributed by atoms with van der Waals surface area (Å²) in [5, 5.41) is 0. The van der Waals surface area contributed by atoms with Gasteiger partial charge < -0.3 is 18.9 Å². The zero-order valence-electron chi connectivity index (χ0n) is 16.0. The molecule has 27 heavy (non-hydrogen) atoms. The molecule has 5 heteroatoms. The van der Waals surface area contributed by atoms with E-state index in [0.29, 0.717) is 12.5 Å². The van der Waals surface area contributed by atoms with E-state index in [4.69, 9.17) is 9.47 Å². The van der Waals surface area contributed by atoms with E-state index in [1.807, 2.05) is 58.3 Å². The van der Waals surface area contributed by atoms with Gasteiger partial charge in [-0.05, 0) is 68.0 Å². The summed E-state index contributed by atoms with van der Waals surface area (Å²) in [6.07, 6.45) is 8.13. The van der Waals surface area contributed by atoms with Gasteiger partial charge in [-0.25, -0.2) is 0 Å². The first-order chi connectivity index (χ1) is 13.2. The molecule has 5 nitrogen and oxygen atoms in total. The fraction of sp³-hybridized carbons (Fsp3) is 0.500. The molecule has 1 aromatic heterocycles. The number of amides is 1. The number of methoxy groups -OCH3 is 1. The van der Waals surface area contributed by atoms with Crippen molar-refractivity contribution in [2.75, 3.05) is 33.4 Å². The van der Waals surface area contributed by atoms with Gasteiger partial charge in [0.2, 0.25) is 0 Å². The molecule has 2 saturated heterocycles. The van der Waals surface area contributed by atoms with Gasteiger partial charge in [0.1, 0.15) is 0 Å². The molecule has 4 rings (SSSR count). The Morgan fingerprint density at radius 3 is 2.78 bits per heavy atom. The number of hydrogen-bond acceptors (Lipinski definition) is 3. The maximum Gasteiger partial charge on any atom is 0.253 e. The first-order valence-corrected chi connectivity index (χ1v) is 9.85. The van der Waals surface area contributed by atoms with Crippen molar-refractivity contribution in [1.82, 2.24) is 9.47 Å². The lowest BCUT2D eigenvalue weighted by atomic mass is 9.85. The average Bonchev–Trinajstić information content (AvgIpc) is 3.37. The summed E-state index contributed by atoms with van der Waals surface area (Å²) in [6, 6.07) is 11.8. The topological polar surface area (TPSA) is 43.7 Å². The summed E-state index contributed by atoms with van der Waals surface area (Å²) in [6.45, 7) is 3.08. The van der Waals surface area contributed by atoms with Gasteiger partial charge in [0.15, 0.2) is 0 Å². The fourth-order valence-electron chi connectivity index (χ4n) is 4.43. The van der Waals surface area contributed by atoms with Crippen molar-refractivity contribution in [1.29, 1.82) is 0 Å².